The Bertz CT molecular complexity index is 1240. The second-order valence-electron chi connectivity index (χ2n) is 13.5. The van der Waals surface area contributed by atoms with Gasteiger partial charge in [-0.25, -0.2) is 13.2 Å². The van der Waals surface area contributed by atoms with Crippen LogP contribution in [-0.2, 0) is 0 Å². The molecule has 0 bridgehead atoms. The van der Waals surface area contributed by atoms with Crippen LogP contribution in [0.5, 0.6) is 0 Å². The first-order valence-electron chi connectivity index (χ1n) is 17.2. The van der Waals surface area contributed by atoms with E-state index in [-0.39, 0.29) is 5.82 Å². The number of rotatable bonds is 12. The molecule has 0 amide bonds. The largest absolute Gasteiger partial charge is 0.239 e. The molecule has 2 fully saturated rings. The van der Waals surface area contributed by atoms with Crippen LogP contribution in [0.3, 0.4) is 0 Å². The Kier molecular flexibility index (Phi) is 11.4. The van der Waals surface area contributed by atoms with Gasteiger partial charge in [0.25, 0.3) is 0 Å². The number of halogens is 3. The van der Waals surface area contributed by atoms with Crippen LogP contribution in [0.1, 0.15) is 120 Å². The van der Waals surface area contributed by atoms with Crippen LogP contribution in [-0.4, -0.2) is 12.3 Å². The minimum Gasteiger partial charge on any atom is -0.239 e. The van der Waals surface area contributed by atoms with Gasteiger partial charge in [-0.2, -0.15) is 0 Å². The number of allylic oxidation sites excluding steroid dienone is 5. The summed E-state index contributed by atoms with van der Waals surface area (Å²) in [6, 6.07) is 13.0. The van der Waals surface area contributed by atoms with Crippen LogP contribution in [0.15, 0.2) is 72.8 Å². The summed E-state index contributed by atoms with van der Waals surface area (Å²) in [6.07, 6.45) is 19.8. The summed E-state index contributed by atoms with van der Waals surface area (Å²) < 4.78 is 45.6. The van der Waals surface area contributed by atoms with Crippen molar-refractivity contribution in [1.29, 1.82) is 0 Å². The van der Waals surface area contributed by atoms with Crippen molar-refractivity contribution in [3.05, 3.63) is 89.8 Å². The highest BCUT2D eigenvalue weighted by Gasteiger charge is 2.32. The third-order valence-corrected chi connectivity index (χ3v) is 10.8. The van der Waals surface area contributed by atoms with Gasteiger partial charge in [0.05, 0.1) is 0 Å². The molecule has 0 spiro atoms. The van der Waals surface area contributed by atoms with Gasteiger partial charge < -0.3 is 0 Å². The van der Waals surface area contributed by atoms with E-state index in [0.717, 1.165) is 55.1 Å². The lowest BCUT2D eigenvalue weighted by Gasteiger charge is -2.37. The molecule has 2 aromatic rings. The number of unbranched alkanes of at least 4 members (excludes halogenated alkanes) is 5. The van der Waals surface area contributed by atoms with Crippen molar-refractivity contribution >= 4 is 5.57 Å². The minimum absolute atomic E-state index is 0.207. The molecule has 0 saturated heterocycles. The zero-order chi connectivity index (χ0) is 30.2. The number of hydrogen-bond donors (Lipinski definition) is 0. The van der Waals surface area contributed by atoms with Crippen LogP contribution in [0.25, 0.3) is 16.7 Å². The van der Waals surface area contributed by atoms with Gasteiger partial charge in [-0.1, -0.05) is 93.7 Å². The second-order valence-corrected chi connectivity index (χ2v) is 13.5. The normalized spacial score (nSPS) is 27.8. The van der Waals surface area contributed by atoms with Crippen molar-refractivity contribution in [1.82, 2.24) is 0 Å². The van der Waals surface area contributed by atoms with E-state index in [1.807, 2.05) is 18.2 Å². The van der Waals surface area contributed by atoms with Crippen LogP contribution in [0.2, 0.25) is 0 Å². The summed E-state index contributed by atoms with van der Waals surface area (Å²) >= 11 is 0. The lowest BCUT2D eigenvalue weighted by Crippen LogP contribution is -2.25. The molecule has 2 atom stereocenters. The Balaban J connectivity index is 1.17. The predicted octanol–water partition coefficient (Wildman–Crippen LogP) is 12.5. The summed E-state index contributed by atoms with van der Waals surface area (Å²) in [5.74, 6) is 2.61. The SMILES string of the molecule is C=CC1CCC(C2CCC(c3ccc(-c4ccc(C5=CC=C(CCCCCCCC)C(F)C5F)cc4)c(F)c3)CC2)CC1. The zero-order valence-electron chi connectivity index (χ0n) is 26.2. The number of alkyl halides is 2. The van der Waals surface area contributed by atoms with E-state index in [4.69, 9.17) is 0 Å². The standard InChI is InChI=1S/C40H51F3/c1-3-5-6-7-8-9-10-34-23-26-37(40(43)39(34)42)33-21-19-32(20-22-33)36-25-24-35(27-38(36)41)31-17-15-30(16-18-31)29-13-11-28(4-2)12-14-29/h4,19-31,39-40H,2-3,5-18H2,1H3. The average molecular weight is 589 g/mol. The number of benzene rings is 2. The molecule has 3 aliphatic carbocycles. The molecular weight excluding hydrogens is 537 g/mol. The van der Waals surface area contributed by atoms with Gasteiger partial charge in [0.2, 0.25) is 0 Å². The van der Waals surface area contributed by atoms with Crippen molar-refractivity contribution in [3.8, 4) is 11.1 Å². The molecule has 0 radical (unpaired) electrons. The minimum atomic E-state index is -1.67. The van der Waals surface area contributed by atoms with Crippen LogP contribution >= 0.6 is 0 Å². The third kappa shape index (κ3) is 7.95. The van der Waals surface area contributed by atoms with Crippen LogP contribution < -0.4 is 0 Å². The fraction of sp³-hybridized carbons (Fsp3) is 0.550. The van der Waals surface area contributed by atoms with Gasteiger partial charge in [0, 0.05) is 5.56 Å². The monoisotopic (exact) mass is 588 g/mol. The maximum absolute atomic E-state index is 15.4. The topological polar surface area (TPSA) is 0 Å². The maximum atomic E-state index is 15.4. The van der Waals surface area contributed by atoms with Crippen molar-refractivity contribution in [2.45, 2.75) is 121 Å². The Morgan fingerprint density at radius 1 is 0.721 bits per heavy atom. The molecule has 2 saturated carbocycles. The van der Waals surface area contributed by atoms with E-state index < -0.39 is 12.3 Å². The van der Waals surface area contributed by atoms with Gasteiger partial charge in [-0.3, -0.25) is 0 Å². The predicted molar refractivity (Wildman–Crippen MR) is 176 cm³/mol. The highest BCUT2D eigenvalue weighted by atomic mass is 19.2. The van der Waals surface area contributed by atoms with Crippen molar-refractivity contribution in [2.24, 2.45) is 17.8 Å². The highest BCUT2D eigenvalue weighted by Crippen LogP contribution is 2.44. The molecule has 3 heteroatoms. The fourth-order valence-corrected chi connectivity index (χ4v) is 7.95. The first-order chi connectivity index (χ1) is 21.0. The van der Waals surface area contributed by atoms with Gasteiger partial charge in [0.15, 0.2) is 12.3 Å². The van der Waals surface area contributed by atoms with E-state index in [0.29, 0.717) is 40.5 Å². The zero-order valence-corrected chi connectivity index (χ0v) is 26.2. The molecule has 0 aliphatic heterocycles. The smallest absolute Gasteiger partial charge is 0.161 e. The van der Waals surface area contributed by atoms with Crippen LogP contribution in [0, 0.1) is 23.6 Å². The Hall–Kier alpha value is -2.55. The maximum Gasteiger partial charge on any atom is 0.161 e. The van der Waals surface area contributed by atoms with E-state index in [1.54, 1.807) is 30.4 Å². The van der Waals surface area contributed by atoms with Gasteiger partial charge >= 0.3 is 0 Å². The van der Waals surface area contributed by atoms with Crippen molar-refractivity contribution in [2.75, 3.05) is 0 Å². The molecule has 3 aliphatic rings. The van der Waals surface area contributed by atoms with Gasteiger partial charge in [-0.15, -0.1) is 6.58 Å². The molecule has 232 valence electrons. The Morgan fingerprint density at radius 3 is 2.00 bits per heavy atom. The molecule has 0 nitrogen and oxygen atoms in total. The Labute approximate surface area is 258 Å². The summed E-state index contributed by atoms with van der Waals surface area (Å²) in [4.78, 5) is 0. The first kappa shape index (κ1) is 31.9. The van der Waals surface area contributed by atoms with Gasteiger partial charge in [-0.05, 0) is 122 Å². The average Bonchev–Trinajstić information content (AvgIpc) is 3.05. The summed E-state index contributed by atoms with van der Waals surface area (Å²) in [6.45, 7) is 6.17. The molecule has 5 rings (SSSR count). The lowest BCUT2D eigenvalue weighted by atomic mass is 9.68. The summed E-state index contributed by atoms with van der Waals surface area (Å²) in [5, 5.41) is 0. The molecule has 2 aromatic carbocycles. The Morgan fingerprint density at radius 2 is 1.35 bits per heavy atom. The molecule has 2 unspecified atom stereocenters. The summed E-state index contributed by atoms with van der Waals surface area (Å²) in [5.41, 5.74) is 4.01. The molecule has 0 N–H and O–H groups in total. The van der Waals surface area contributed by atoms with Gasteiger partial charge in [0.1, 0.15) is 5.82 Å². The molecular formula is C40H51F3. The van der Waals surface area contributed by atoms with E-state index in [1.165, 1.54) is 57.8 Å². The molecule has 43 heavy (non-hydrogen) atoms. The number of hydrogen-bond acceptors (Lipinski definition) is 0. The molecule has 0 aromatic heterocycles. The van der Waals surface area contributed by atoms with E-state index >= 15 is 13.2 Å². The van der Waals surface area contributed by atoms with Crippen molar-refractivity contribution in [3.63, 3.8) is 0 Å². The lowest BCUT2D eigenvalue weighted by molar-refractivity contribution is 0.171. The summed E-state index contributed by atoms with van der Waals surface area (Å²) in [7, 11) is 0. The van der Waals surface area contributed by atoms with Crippen molar-refractivity contribution < 1.29 is 13.2 Å². The van der Waals surface area contributed by atoms with E-state index in [2.05, 4.69) is 25.6 Å². The fourth-order valence-electron chi connectivity index (χ4n) is 7.95. The van der Waals surface area contributed by atoms with E-state index in [9.17, 15) is 0 Å². The first-order valence-corrected chi connectivity index (χ1v) is 17.2. The second kappa shape index (κ2) is 15.4. The quantitative estimate of drug-likeness (QED) is 0.171. The van der Waals surface area contributed by atoms with Crippen LogP contribution in [0.4, 0.5) is 13.2 Å². The highest BCUT2D eigenvalue weighted by molar-refractivity contribution is 5.75. The third-order valence-electron chi connectivity index (χ3n) is 10.8. The molecule has 0 heterocycles.